The zero-order valence-electron chi connectivity index (χ0n) is 11.9. The fourth-order valence-electron chi connectivity index (χ4n) is 2.54. The van der Waals surface area contributed by atoms with Gasteiger partial charge in [0.15, 0.2) is 0 Å². The third-order valence-corrected chi connectivity index (χ3v) is 3.82. The normalized spacial score (nSPS) is 16.7. The second-order valence-corrected chi connectivity index (χ2v) is 5.18. The highest BCUT2D eigenvalue weighted by molar-refractivity contribution is 5.97. The second kappa shape index (κ2) is 5.89. The minimum Gasteiger partial charge on any atom is -0.480 e. The summed E-state index contributed by atoms with van der Waals surface area (Å²) in [6.45, 7) is 0.469. The maximum Gasteiger partial charge on any atom is 0.326 e. The summed E-state index contributed by atoms with van der Waals surface area (Å²) >= 11 is 0. The van der Waals surface area contributed by atoms with Crippen molar-refractivity contribution in [2.24, 2.45) is 0 Å². The van der Waals surface area contributed by atoms with E-state index in [1.165, 1.54) is 4.90 Å². The number of hydrogen-bond donors (Lipinski definition) is 2. The van der Waals surface area contributed by atoms with Crippen LogP contribution in [0.4, 0.5) is 10.5 Å². The number of anilines is 1. The van der Waals surface area contributed by atoms with Gasteiger partial charge in [0.1, 0.15) is 6.04 Å². The number of urea groups is 1. The van der Waals surface area contributed by atoms with Crippen LogP contribution in [-0.4, -0.2) is 34.6 Å². The van der Waals surface area contributed by atoms with Crippen LogP contribution in [0.3, 0.4) is 0 Å². The Morgan fingerprint density at radius 1 is 1.05 bits per heavy atom. The lowest BCUT2D eigenvalue weighted by Gasteiger charge is -2.37. The molecule has 0 aromatic heterocycles. The van der Waals surface area contributed by atoms with Gasteiger partial charge >= 0.3 is 12.0 Å². The lowest BCUT2D eigenvalue weighted by atomic mass is 10.0. The molecule has 22 heavy (non-hydrogen) atoms. The average molecular weight is 296 g/mol. The molecule has 1 atom stereocenters. The first-order valence-corrected chi connectivity index (χ1v) is 7.11. The smallest absolute Gasteiger partial charge is 0.326 e. The molecule has 0 bridgehead atoms. The summed E-state index contributed by atoms with van der Waals surface area (Å²) in [5.74, 6) is -0.960. The molecule has 1 aliphatic heterocycles. The Labute approximate surface area is 128 Å². The summed E-state index contributed by atoms with van der Waals surface area (Å²) in [5.41, 5.74) is 2.58. The van der Waals surface area contributed by atoms with Gasteiger partial charge in [0.05, 0.1) is 5.69 Å². The van der Waals surface area contributed by atoms with Gasteiger partial charge in [-0.15, -0.1) is 0 Å². The van der Waals surface area contributed by atoms with Crippen molar-refractivity contribution in [2.75, 3.05) is 11.9 Å². The molecule has 0 spiro atoms. The van der Waals surface area contributed by atoms with E-state index >= 15 is 0 Å². The van der Waals surface area contributed by atoms with Gasteiger partial charge < -0.3 is 15.3 Å². The molecule has 3 rings (SSSR count). The molecule has 2 amide bonds. The Kier molecular flexibility index (Phi) is 3.78. The lowest BCUT2D eigenvalue weighted by Crippen LogP contribution is -2.56. The zero-order valence-corrected chi connectivity index (χ0v) is 11.9. The molecule has 5 heteroatoms. The van der Waals surface area contributed by atoms with Crippen molar-refractivity contribution in [3.8, 4) is 11.1 Å². The lowest BCUT2D eigenvalue weighted by molar-refractivity contribution is -0.145. The summed E-state index contributed by atoms with van der Waals surface area (Å²) in [6, 6.07) is 16.1. The largest absolute Gasteiger partial charge is 0.480 e. The van der Waals surface area contributed by atoms with Crippen LogP contribution in [0.25, 0.3) is 11.1 Å². The Hall–Kier alpha value is -2.82. The predicted octanol–water partition coefficient (Wildman–Crippen LogP) is 3.04. The van der Waals surface area contributed by atoms with Crippen LogP contribution in [0.2, 0.25) is 0 Å². The molecule has 2 aromatic carbocycles. The fraction of sp³-hybridized carbons (Fsp3) is 0.176. The van der Waals surface area contributed by atoms with E-state index < -0.39 is 12.0 Å². The number of amides is 2. The quantitative estimate of drug-likeness (QED) is 0.914. The third kappa shape index (κ3) is 2.65. The monoisotopic (exact) mass is 296 g/mol. The summed E-state index contributed by atoms with van der Waals surface area (Å²) in [4.78, 5) is 24.6. The van der Waals surface area contributed by atoms with Gasteiger partial charge in [-0.05, 0) is 18.1 Å². The topological polar surface area (TPSA) is 69.6 Å². The Morgan fingerprint density at radius 2 is 1.73 bits per heavy atom. The van der Waals surface area contributed by atoms with Crippen molar-refractivity contribution in [3.63, 3.8) is 0 Å². The van der Waals surface area contributed by atoms with Crippen LogP contribution < -0.4 is 5.32 Å². The predicted molar refractivity (Wildman–Crippen MR) is 83.6 cm³/mol. The minimum atomic E-state index is -0.960. The van der Waals surface area contributed by atoms with E-state index in [-0.39, 0.29) is 6.03 Å². The maximum atomic E-state index is 12.2. The summed E-state index contributed by atoms with van der Waals surface area (Å²) in [7, 11) is 0. The summed E-state index contributed by atoms with van der Waals surface area (Å²) in [6.07, 6.45) is 0.503. The van der Waals surface area contributed by atoms with E-state index in [1.54, 1.807) is 0 Å². The number of rotatable bonds is 3. The Bertz CT molecular complexity index is 700. The molecule has 1 saturated heterocycles. The van der Waals surface area contributed by atoms with Crippen LogP contribution in [0.5, 0.6) is 0 Å². The van der Waals surface area contributed by atoms with Gasteiger partial charge in [-0.2, -0.15) is 0 Å². The molecule has 2 aromatic rings. The molecule has 1 heterocycles. The first-order chi connectivity index (χ1) is 10.7. The van der Waals surface area contributed by atoms with Gasteiger partial charge in [0, 0.05) is 12.1 Å². The van der Waals surface area contributed by atoms with E-state index in [0.29, 0.717) is 18.7 Å². The highest BCUT2D eigenvalue weighted by Crippen LogP contribution is 2.28. The van der Waals surface area contributed by atoms with E-state index in [4.69, 9.17) is 5.11 Å². The number of benzene rings is 2. The van der Waals surface area contributed by atoms with E-state index in [0.717, 1.165) is 11.1 Å². The number of carboxylic acid groups (broad SMARTS) is 1. The first kappa shape index (κ1) is 14.1. The van der Waals surface area contributed by atoms with Crippen molar-refractivity contribution in [1.82, 2.24) is 4.90 Å². The van der Waals surface area contributed by atoms with Gasteiger partial charge in [-0.1, -0.05) is 48.5 Å². The highest BCUT2D eigenvalue weighted by atomic mass is 16.4. The maximum absolute atomic E-state index is 12.2. The number of aliphatic carboxylic acids is 1. The molecule has 1 fully saturated rings. The fourth-order valence-corrected chi connectivity index (χ4v) is 2.54. The third-order valence-electron chi connectivity index (χ3n) is 3.82. The Morgan fingerprint density at radius 3 is 2.36 bits per heavy atom. The number of carboxylic acids is 1. The number of nitrogens with one attached hydrogen (secondary N) is 1. The number of carbonyl (C=O) groups is 2. The van der Waals surface area contributed by atoms with E-state index in [1.807, 2.05) is 54.6 Å². The summed E-state index contributed by atoms with van der Waals surface area (Å²) < 4.78 is 0. The highest BCUT2D eigenvalue weighted by Gasteiger charge is 2.37. The van der Waals surface area contributed by atoms with E-state index in [2.05, 4.69) is 5.32 Å². The number of para-hydroxylation sites is 1. The standard InChI is InChI=1S/C17H16N2O3/c20-16(21)15-10-11-19(15)17(22)18-14-9-5-4-8-13(14)12-6-2-1-3-7-12/h1-9,15H,10-11H2,(H,18,22)(H,20,21). The molecular weight excluding hydrogens is 280 g/mol. The number of likely N-dealkylation sites (tertiary alicyclic amines) is 1. The van der Waals surface area contributed by atoms with Gasteiger partial charge in [-0.25, -0.2) is 9.59 Å². The summed E-state index contributed by atoms with van der Waals surface area (Å²) in [5, 5.41) is 11.8. The molecule has 1 unspecified atom stereocenters. The van der Waals surface area contributed by atoms with Crippen LogP contribution in [-0.2, 0) is 4.79 Å². The van der Waals surface area contributed by atoms with Crippen LogP contribution in [0.15, 0.2) is 54.6 Å². The van der Waals surface area contributed by atoms with Crippen LogP contribution in [0.1, 0.15) is 6.42 Å². The van der Waals surface area contributed by atoms with Gasteiger partial charge in [0.2, 0.25) is 0 Å². The van der Waals surface area contributed by atoms with Crippen molar-refractivity contribution in [1.29, 1.82) is 0 Å². The number of nitrogens with zero attached hydrogens (tertiary/aromatic N) is 1. The van der Waals surface area contributed by atoms with Crippen LogP contribution in [0, 0.1) is 0 Å². The van der Waals surface area contributed by atoms with E-state index in [9.17, 15) is 9.59 Å². The molecule has 112 valence electrons. The average Bonchev–Trinajstić information content (AvgIpc) is 2.47. The number of carbonyl (C=O) groups excluding carboxylic acids is 1. The molecule has 1 aliphatic rings. The van der Waals surface area contributed by atoms with Crippen molar-refractivity contribution in [3.05, 3.63) is 54.6 Å². The molecule has 2 N–H and O–H groups in total. The second-order valence-electron chi connectivity index (χ2n) is 5.18. The minimum absolute atomic E-state index is 0.373. The van der Waals surface area contributed by atoms with Gasteiger partial charge in [-0.3, -0.25) is 0 Å². The SMILES string of the molecule is O=C(O)C1CCN1C(=O)Nc1ccccc1-c1ccccc1. The zero-order chi connectivity index (χ0) is 15.5. The van der Waals surface area contributed by atoms with Crippen molar-refractivity contribution in [2.45, 2.75) is 12.5 Å². The molecule has 0 aliphatic carbocycles. The molecule has 0 radical (unpaired) electrons. The molecule has 5 nitrogen and oxygen atoms in total. The number of hydrogen-bond acceptors (Lipinski definition) is 2. The van der Waals surface area contributed by atoms with Crippen molar-refractivity contribution >= 4 is 17.7 Å². The Balaban J connectivity index is 1.82. The van der Waals surface area contributed by atoms with Gasteiger partial charge in [0.25, 0.3) is 0 Å². The first-order valence-electron chi connectivity index (χ1n) is 7.11. The molecule has 0 saturated carbocycles. The van der Waals surface area contributed by atoms with Crippen LogP contribution >= 0.6 is 0 Å². The van der Waals surface area contributed by atoms with Crippen molar-refractivity contribution < 1.29 is 14.7 Å². The molecular formula is C17H16N2O3.